The molecule has 0 aromatic carbocycles. The highest BCUT2D eigenvalue weighted by Crippen LogP contribution is 2.42. The predicted octanol–water partition coefficient (Wildman–Crippen LogP) is 3.21. The molecule has 0 spiro atoms. The summed E-state index contributed by atoms with van der Waals surface area (Å²) >= 11 is 1.46. The van der Waals surface area contributed by atoms with Crippen LogP contribution < -0.4 is 0 Å². The van der Waals surface area contributed by atoms with Gasteiger partial charge in [0.05, 0.1) is 16.7 Å². The minimum atomic E-state index is 0.0380. The summed E-state index contributed by atoms with van der Waals surface area (Å²) in [5.74, 6) is 1.37. The Balaban J connectivity index is 1.43. The molecule has 2 amide bonds. The molecule has 2 aliphatic rings. The molecule has 1 saturated heterocycles. The monoisotopic (exact) mass is 344 g/mol. The average molecular weight is 344 g/mol. The van der Waals surface area contributed by atoms with Crippen molar-refractivity contribution in [1.29, 1.82) is 0 Å². The fourth-order valence-electron chi connectivity index (χ4n) is 3.21. The summed E-state index contributed by atoms with van der Waals surface area (Å²) in [6.45, 7) is 2.54. The minimum Gasteiger partial charge on any atom is -0.468 e. The molecule has 0 N–H and O–H groups in total. The van der Waals surface area contributed by atoms with Gasteiger partial charge in [0.1, 0.15) is 5.76 Å². The molecule has 3 heterocycles. The number of furan rings is 1. The lowest BCUT2D eigenvalue weighted by Crippen LogP contribution is -2.37. The van der Waals surface area contributed by atoms with Crippen molar-refractivity contribution in [3.05, 3.63) is 46.0 Å². The Morgan fingerprint density at radius 3 is 2.46 bits per heavy atom. The van der Waals surface area contributed by atoms with Crippen LogP contribution in [0.5, 0.6) is 0 Å². The topological polar surface area (TPSA) is 53.8 Å². The Morgan fingerprint density at radius 2 is 1.79 bits per heavy atom. The second-order valence-electron chi connectivity index (χ2n) is 6.39. The van der Waals surface area contributed by atoms with E-state index in [-0.39, 0.29) is 11.8 Å². The van der Waals surface area contributed by atoms with Gasteiger partial charge in [0, 0.05) is 32.1 Å². The number of nitrogens with zero attached hydrogens (tertiary/aromatic N) is 2. The molecule has 6 heteroatoms. The molecular weight excluding hydrogens is 324 g/mol. The van der Waals surface area contributed by atoms with Gasteiger partial charge in [-0.25, -0.2) is 0 Å². The Morgan fingerprint density at radius 1 is 1.04 bits per heavy atom. The largest absolute Gasteiger partial charge is 0.468 e. The van der Waals surface area contributed by atoms with Gasteiger partial charge in [-0.05, 0) is 36.8 Å². The Kier molecular flexibility index (Phi) is 4.14. The third kappa shape index (κ3) is 2.98. The molecule has 2 fully saturated rings. The van der Waals surface area contributed by atoms with E-state index < -0.39 is 0 Å². The van der Waals surface area contributed by atoms with E-state index in [0.717, 1.165) is 29.9 Å². The zero-order valence-electron chi connectivity index (χ0n) is 13.4. The molecule has 0 bridgehead atoms. The summed E-state index contributed by atoms with van der Waals surface area (Å²) < 4.78 is 5.53. The van der Waals surface area contributed by atoms with Crippen LogP contribution in [0.2, 0.25) is 0 Å². The summed E-state index contributed by atoms with van der Waals surface area (Å²) in [6, 6.07) is 5.54. The first-order chi connectivity index (χ1) is 11.7. The molecule has 4 rings (SSSR count). The fraction of sp³-hybridized carbons (Fsp3) is 0.444. The molecule has 0 unspecified atom stereocenters. The van der Waals surface area contributed by atoms with Crippen molar-refractivity contribution < 1.29 is 14.0 Å². The molecule has 1 aliphatic carbocycles. The van der Waals surface area contributed by atoms with E-state index in [9.17, 15) is 9.59 Å². The van der Waals surface area contributed by atoms with Crippen molar-refractivity contribution in [2.75, 3.05) is 26.2 Å². The van der Waals surface area contributed by atoms with E-state index in [1.165, 1.54) is 11.3 Å². The van der Waals surface area contributed by atoms with Gasteiger partial charge < -0.3 is 14.2 Å². The van der Waals surface area contributed by atoms with Crippen molar-refractivity contribution in [2.45, 2.75) is 25.2 Å². The summed E-state index contributed by atoms with van der Waals surface area (Å²) in [4.78, 5) is 29.8. The highest BCUT2D eigenvalue weighted by Gasteiger charge is 2.33. The second kappa shape index (κ2) is 6.43. The zero-order valence-corrected chi connectivity index (χ0v) is 14.3. The third-order valence-corrected chi connectivity index (χ3v) is 5.53. The van der Waals surface area contributed by atoms with Crippen LogP contribution in [-0.4, -0.2) is 47.8 Å². The van der Waals surface area contributed by atoms with Crippen LogP contribution in [0, 0.1) is 0 Å². The number of carbonyl (C=O) groups excluding carboxylic acids is 2. The van der Waals surface area contributed by atoms with E-state index >= 15 is 0 Å². The maximum absolute atomic E-state index is 12.8. The van der Waals surface area contributed by atoms with Crippen LogP contribution >= 0.6 is 11.3 Å². The number of hydrogen-bond acceptors (Lipinski definition) is 4. The smallest absolute Gasteiger partial charge is 0.263 e. The summed E-state index contributed by atoms with van der Waals surface area (Å²) in [5, 5.41) is 1.92. The lowest BCUT2D eigenvalue weighted by molar-refractivity contribution is 0.0719. The van der Waals surface area contributed by atoms with Gasteiger partial charge in [-0.1, -0.05) is 6.07 Å². The maximum atomic E-state index is 12.8. The number of amides is 2. The highest BCUT2D eigenvalue weighted by molar-refractivity contribution is 7.12. The van der Waals surface area contributed by atoms with Gasteiger partial charge in [-0.15, -0.1) is 11.3 Å². The van der Waals surface area contributed by atoms with Gasteiger partial charge in [0.2, 0.25) is 0 Å². The fourth-order valence-corrected chi connectivity index (χ4v) is 3.90. The van der Waals surface area contributed by atoms with Crippen molar-refractivity contribution >= 4 is 23.2 Å². The summed E-state index contributed by atoms with van der Waals surface area (Å²) in [5.41, 5.74) is 0.704. The molecule has 2 aromatic heterocycles. The highest BCUT2D eigenvalue weighted by atomic mass is 32.1. The van der Waals surface area contributed by atoms with E-state index in [2.05, 4.69) is 0 Å². The van der Waals surface area contributed by atoms with Gasteiger partial charge in [0.25, 0.3) is 11.8 Å². The molecule has 5 nitrogen and oxygen atoms in total. The molecule has 0 atom stereocenters. The normalized spacial score (nSPS) is 18.5. The first-order valence-electron chi connectivity index (χ1n) is 8.43. The molecule has 2 aromatic rings. The zero-order chi connectivity index (χ0) is 16.5. The van der Waals surface area contributed by atoms with Crippen molar-refractivity contribution in [1.82, 2.24) is 9.80 Å². The number of hydrogen-bond donors (Lipinski definition) is 0. The summed E-state index contributed by atoms with van der Waals surface area (Å²) in [6.07, 6.45) is 4.64. The molecular formula is C18H20N2O3S. The van der Waals surface area contributed by atoms with E-state index in [1.807, 2.05) is 27.3 Å². The van der Waals surface area contributed by atoms with Crippen LogP contribution in [0.15, 0.2) is 34.3 Å². The Labute approximate surface area is 144 Å². The van der Waals surface area contributed by atoms with Crippen molar-refractivity contribution in [3.63, 3.8) is 0 Å². The van der Waals surface area contributed by atoms with E-state index in [0.29, 0.717) is 37.7 Å². The van der Waals surface area contributed by atoms with E-state index in [4.69, 9.17) is 4.42 Å². The van der Waals surface area contributed by atoms with Crippen molar-refractivity contribution in [3.8, 4) is 0 Å². The minimum absolute atomic E-state index is 0.0380. The van der Waals surface area contributed by atoms with Gasteiger partial charge >= 0.3 is 0 Å². The van der Waals surface area contributed by atoms with Crippen LogP contribution in [0.25, 0.3) is 0 Å². The lowest BCUT2D eigenvalue weighted by atomic mass is 10.1. The van der Waals surface area contributed by atoms with Crippen molar-refractivity contribution in [2.24, 2.45) is 0 Å². The van der Waals surface area contributed by atoms with Crippen LogP contribution in [0.4, 0.5) is 0 Å². The van der Waals surface area contributed by atoms with Crippen LogP contribution in [0.3, 0.4) is 0 Å². The predicted molar refractivity (Wildman–Crippen MR) is 91.4 cm³/mol. The Bertz CT molecular complexity index is 733. The quantitative estimate of drug-likeness (QED) is 0.859. The first-order valence-corrected chi connectivity index (χ1v) is 9.31. The molecule has 126 valence electrons. The maximum Gasteiger partial charge on any atom is 0.263 e. The lowest BCUT2D eigenvalue weighted by Gasteiger charge is -2.22. The molecule has 0 radical (unpaired) electrons. The first kappa shape index (κ1) is 15.4. The van der Waals surface area contributed by atoms with Gasteiger partial charge in [-0.3, -0.25) is 9.59 Å². The second-order valence-corrected chi connectivity index (χ2v) is 7.34. The third-order valence-electron chi connectivity index (χ3n) is 4.68. The standard InChI is InChI=1S/C18H20N2O3S/c21-17(14-6-11-23-16(14)13-4-5-13)19-7-2-8-20(10-9-19)18(22)15-3-1-12-24-15/h1,3,6,11-13H,2,4-5,7-10H2. The van der Waals surface area contributed by atoms with Gasteiger partial charge in [-0.2, -0.15) is 0 Å². The number of rotatable bonds is 3. The van der Waals surface area contributed by atoms with Crippen LogP contribution in [-0.2, 0) is 0 Å². The number of carbonyl (C=O) groups is 2. The molecule has 1 saturated carbocycles. The van der Waals surface area contributed by atoms with Crippen LogP contribution in [0.1, 0.15) is 51.0 Å². The van der Waals surface area contributed by atoms with E-state index in [1.54, 1.807) is 12.3 Å². The van der Waals surface area contributed by atoms with Gasteiger partial charge in [0.15, 0.2) is 0 Å². The molecule has 1 aliphatic heterocycles. The summed E-state index contributed by atoms with van der Waals surface area (Å²) in [7, 11) is 0. The average Bonchev–Trinajstić information content (AvgIpc) is 3.15. The number of thiophene rings is 1. The Hall–Kier alpha value is -2.08. The molecule has 24 heavy (non-hydrogen) atoms. The SMILES string of the molecule is O=C(c1cccs1)N1CCCN(C(=O)c2ccoc2C2CC2)CC1.